The Kier molecular flexibility index (Phi) is 3.15. The molecule has 0 aromatic rings. The first-order valence-corrected chi connectivity index (χ1v) is 5.30. The molecule has 1 rings (SSSR count). The van der Waals surface area contributed by atoms with Crippen molar-refractivity contribution in [2.45, 2.75) is 53.1 Å². The largest absolute Gasteiger partial charge is 0.393 e. The van der Waals surface area contributed by atoms with Crippen molar-refractivity contribution in [3.63, 3.8) is 0 Å². The molecule has 0 bridgehead atoms. The highest BCUT2D eigenvalue weighted by atomic mass is 16.3. The van der Waals surface area contributed by atoms with Crippen LogP contribution in [0.1, 0.15) is 47.0 Å². The molecule has 80 valence electrons. The van der Waals surface area contributed by atoms with Crippen molar-refractivity contribution in [2.24, 2.45) is 5.41 Å². The van der Waals surface area contributed by atoms with E-state index in [0.29, 0.717) is 19.3 Å². The summed E-state index contributed by atoms with van der Waals surface area (Å²) in [6, 6.07) is 0. The Hall–Kier alpha value is -0.630. The van der Waals surface area contributed by atoms with Crippen LogP contribution in [-0.2, 0) is 4.79 Å². The zero-order chi connectivity index (χ0) is 10.9. The van der Waals surface area contributed by atoms with Crippen LogP contribution in [-0.4, -0.2) is 17.0 Å². The molecular weight excluding hydrogens is 176 g/mol. The highest BCUT2D eigenvalue weighted by Gasteiger charge is 2.35. The fraction of sp³-hybridized carbons (Fsp3) is 0.750. The number of ketones is 1. The Bertz CT molecular complexity index is 274. The lowest BCUT2D eigenvalue weighted by atomic mass is 9.70. The van der Waals surface area contributed by atoms with E-state index in [0.717, 1.165) is 11.1 Å². The van der Waals surface area contributed by atoms with Gasteiger partial charge in [-0.05, 0) is 30.8 Å². The molecule has 2 nitrogen and oxygen atoms in total. The van der Waals surface area contributed by atoms with E-state index in [-0.39, 0.29) is 17.3 Å². The van der Waals surface area contributed by atoms with Gasteiger partial charge in [-0.25, -0.2) is 0 Å². The van der Waals surface area contributed by atoms with E-state index in [9.17, 15) is 9.90 Å². The fourth-order valence-corrected chi connectivity index (χ4v) is 2.59. The standard InChI is InChI=1S/C12H20O2/c1-5-10(14)11-8(2)6-9(13)7-12(11,3)4/h9,13H,5-7H2,1-4H3/t9-/m0/s1. The second-order valence-corrected chi connectivity index (χ2v) is 4.88. The van der Waals surface area contributed by atoms with Crippen molar-refractivity contribution < 1.29 is 9.90 Å². The summed E-state index contributed by atoms with van der Waals surface area (Å²) in [5, 5.41) is 9.64. The summed E-state index contributed by atoms with van der Waals surface area (Å²) in [5.74, 6) is 0.236. The number of hydrogen-bond donors (Lipinski definition) is 1. The first-order valence-electron chi connectivity index (χ1n) is 5.30. The van der Waals surface area contributed by atoms with Crippen LogP contribution in [0.4, 0.5) is 0 Å². The highest BCUT2D eigenvalue weighted by Crippen LogP contribution is 2.40. The smallest absolute Gasteiger partial charge is 0.159 e. The zero-order valence-electron chi connectivity index (χ0n) is 9.55. The third-order valence-electron chi connectivity index (χ3n) is 2.99. The maximum atomic E-state index is 11.8. The number of hydrogen-bond acceptors (Lipinski definition) is 2. The minimum Gasteiger partial charge on any atom is -0.393 e. The van der Waals surface area contributed by atoms with E-state index in [1.165, 1.54) is 0 Å². The summed E-state index contributed by atoms with van der Waals surface area (Å²) in [7, 11) is 0. The summed E-state index contributed by atoms with van der Waals surface area (Å²) in [6.45, 7) is 7.94. The molecule has 0 heterocycles. The molecule has 1 N–H and O–H groups in total. The van der Waals surface area contributed by atoms with Crippen LogP contribution in [0.2, 0.25) is 0 Å². The van der Waals surface area contributed by atoms with Crippen molar-refractivity contribution in [1.29, 1.82) is 0 Å². The molecule has 1 aliphatic rings. The first-order chi connectivity index (χ1) is 6.38. The van der Waals surface area contributed by atoms with Crippen LogP contribution in [0.5, 0.6) is 0 Å². The number of allylic oxidation sites excluding steroid dienone is 1. The van der Waals surface area contributed by atoms with Gasteiger partial charge in [0.05, 0.1) is 6.10 Å². The monoisotopic (exact) mass is 196 g/mol. The van der Waals surface area contributed by atoms with Crippen LogP contribution < -0.4 is 0 Å². The van der Waals surface area contributed by atoms with Crippen molar-refractivity contribution in [2.75, 3.05) is 0 Å². The lowest BCUT2D eigenvalue weighted by molar-refractivity contribution is -0.116. The van der Waals surface area contributed by atoms with E-state index in [1.807, 2.05) is 27.7 Å². The summed E-state index contributed by atoms with van der Waals surface area (Å²) >= 11 is 0. The summed E-state index contributed by atoms with van der Waals surface area (Å²) in [4.78, 5) is 11.8. The minimum atomic E-state index is -0.279. The second-order valence-electron chi connectivity index (χ2n) is 4.88. The predicted octanol–water partition coefficient (Wildman–Crippen LogP) is 2.46. The van der Waals surface area contributed by atoms with Gasteiger partial charge in [-0.2, -0.15) is 0 Å². The molecule has 1 atom stereocenters. The fourth-order valence-electron chi connectivity index (χ4n) is 2.59. The maximum Gasteiger partial charge on any atom is 0.159 e. The third kappa shape index (κ3) is 2.06. The molecule has 0 aliphatic heterocycles. The van der Waals surface area contributed by atoms with Gasteiger partial charge in [-0.15, -0.1) is 0 Å². The quantitative estimate of drug-likeness (QED) is 0.736. The molecule has 0 saturated heterocycles. The van der Waals surface area contributed by atoms with E-state index >= 15 is 0 Å². The van der Waals surface area contributed by atoms with Gasteiger partial charge in [0.2, 0.25) is 0 Å². The zero-order valence-corrected chi connectivity index (χ0v) is 9.55. The van der Waals surface area contributed by atoms with Crippen molar-refractivity contribution >= 4 is 5.78 Å². The molecular formula is C12H20O2. The van der Waals surface area contributed by atoms with E-state index in [2.05, 4.69) is 0 Å². The van der Waals surface area contributed by atoms with Gasteiger partial charge in [0, 0.05) is 6.42 Å². The summed E-state index contributed by atoms with van der Waals surface area (Å²) < 4.78 is 0. The van der Waals surface area contributed by atoms with Crippen LogP contribution in [0.3, 0.4) is 0 Å². The van der Waals surface area contributed by atoms with E-state index < -0.39 is 0 Å². The van der Waals surface area contributed by atoms with Gasteiger partial charge in [-0.3, -0.25) is 4.79 Å². The minimum absolute atomic E-state index is 0.158. The summed E-state index contributed by atoms with van der Waals surface area (Å²) in [6.07, 6.45) is 1.64. The van der Waals surface area contributed by atoms with Gasteiger partial charge in [0.25, 0.3) is 0 Å². The lowest BCUT2D eigenvalue weighted by Gasteiger charge is -2.36. The SMILES string of the molecule is CCC(=O)C1=C(C)C[C@H](O)CC1(C)C. The molecule has 0 aromatic carbocycles. The predicted molar refractivity (Wildman–Crippen MR) is 57.0 cm³/mol. The maximum absolute atomic E-state index is 11.8. The Labute approximate surface area is 86.0 Å². The summed E-state index contributed by atoms with van der Waals surface area (Å²) in [5.41, 5.74) is 1.86. The first kappa shape index (κ1) is 11.4. The Morgan fingerprint density at radius 3 is 2.57 bits per heavy atom. The molecule has 0 aromatic heterocycles. The molecule has 2 heteroatoms. The number of aliphatic hydroxyl groups is 1. The number of rotatable bonds is 2. The van der Waals surface area contributed by atoms with Gasteiger partial charge in [-0.1, -0.05) is 26.3 Å². The Balaban J connectivity index is 3.09. The number of carbonyl (C=O) groups excluding carboxylic acids is 1. The van der Waals surface area contributed by atoms with Crippen molar-refractivity contribution in [1.82, 2.24) is 0 Å². The van der Waals surface area contributed by atoms with Gasteiger partial charge >= 0.3 is 0 Å². The van der Waals surface area contributed by atoms with Gasteiger partial charge < -0.3 is 5.11 Å². The lowest BCUT2D eigenvalue weighted by Crippen LogP contribution is -2.32. The highest BCUT2D eigenvalue weighted by molar-refractivity contribution is 5.97. The van der Waals surface area contributed by atoms with Gasteiger partial charge in [0.15, 0.2) is 5.78 Å². The molecule has 0 spiro atoms. The molecule has 0 saturated carbocycles. The normalized spacial score (nSPS) is 26.5. The molecule has 14 heavy (non-hydrogen) atoms. The van der Waals surface area contributed by atoms with Crippen LogP contribution in [0.25, 0.3) is 0 Å². The number of aliphatic hydroxyl groups excluding tert-OH is 1. The Morgan fingerprint density at radius 1 is 1.57 bits per heavy atom. The van der Waals surface area contributed by atoms with Crippen molar-refractivity contribution in [3.05, 3.63) is 11.1 Å². The number of carbonyl (C=O) groups is 1. The number of Topliss-reactive ketones (excluding diaryl/α,β-unsaturated/α-hetero) is 1. The molecule has 0 fully saturated rings. The molecule has 0 amide bonds. The van der Waals surface area contributed by atoms with Crippen molar-refractivity contribution in [3.8, 4) is 0 Å². The second kappa shape index (κ2) is 3.85. The van der Waals surface area contributed by atoms with Crippen LogP contribution in [0.15, 0.2) is 11.1 Å². The van der Waals surface area contributed by atoms with E-state index in [1.54, 1.807) is 0 Å². The average molecular weight is 196 g/mol. The van der Waals surface area contributed by atoms with Gasteiger partial charge in [0.1, 0.15) is 0 Å². The molecule has 1 aliphatic carbocycles. The topological polar surface area (TPSA) is 37.3 Å². The third-order valence-corrected chi connectivity index (χ3v) is 2.99. The molecule has 0 unspecified atom stereocenters. The van der Waals surface area contributed by atoms with Crippen LogP contribution in [0, 0.1) is 5.41 Å². The van der Waals surface area contributed by atoms with Crippen LogP contribution >= 0.6 is 0 Å². The average Bonchev–Trinajstić information content (AvgIpc) is 1.99. The van der Waals surface area contributed by atoms with E-state index in [4.69, 9.17) is 0 Å². The Morgan fingerprint density at radius 2 is 2.14 bits per heavy atom. The molecule has 0 radical (unpaired) electrons.